The number of anilines is 2. The highest BCUT2D eigenvalue weighted by Crippen LogP contribution is 2.27. The highest BCUT2D eigenvalue weighted by atomic mass is 79.9. The summed E-state index contributed by atoms with van der Waals surface area (Å²) in [6, 6.07) is 8.75. The third kappa shape index (κ3) is 4.97. The maximum Gasteiger partial charge on any atom is 0.449 e. The minimum absolute atomic E-state index is 0.152. The number of nitrogens with zero attached hydrogens (tertiary/aromatic N) is 1. The van der Waals surface area contributed by atoms with E-state index in [2.05, 4.69) is 31.0 Å². The van der Waals surface area contributed by atoms with Crippen molar-refractivity contribution in [3.63, 3.8) is 0 Å². The van der Waals surface area contributed by atoms with E-state index in [1.54, 1.807) is 12.1 Å². The number of rotatable bonds is 5. The topological polar surface area (TPSA) is 104 Å². The SMILES string of the molecule is O=C(Nc1ccc(F)c(S(=O)(=O)Nc2ccc(Br)cc2)c1)c1cnc(C(F)(F)F)[nH]1. The van der Waals surface area contributed by atoms with Gasteiger partial charge in [-0.2, -0.15) is 13.2 Å². The second-order valence-electron chi connectivity index (χ2n) is 5.85. The average Bonchev–Trinajstić information content (AvgIpc) is 3.16. The average molecular weight is 507 g/mol. The second kappa shape index (κ2) is 8.07. The number of H-pyrrole nitrogens is 1. The fourth-order valence-corrected chi connectivity index (χ4v) is 3.72. The molecule has 0 radical (unpaired) electrons. The van der Waals surface area contributed by atoms with Gasteiger partial charge >= 0.3 is 6.18 Å². The summed E-state index contributed by atoms with van der Waals surface area (Å²) in [6.45, 7) is 0. The van der Waals surface area contributed by atoms with Crippen molar-refractivity contribution in [2.45, 2.75) is 11.1 Å². The molecule has 30 heavy (non-hydrogen) atoms. The molecule has 158 valence electrons. The van der Waals surface area contributed by atoms with Gasteiger partial charge in [-0.05, 0) is 42.5 Å². The van der Waals surface area contributed by atoms with Gasteiger partial charge in [-0.3, -0.25) is 9.52 Å². The number of nitrogens with one attached hydrogen (secondary N) is 3. The van der Waals surface area contributed by atoms with E-state index in [0.717, 1.165) is 18.2 Å². The standard InChI is InChI=1S/C17H11BrF4N4O3S/c18-9-1-3-10(4-2-9)26-30(28,29)14-7-11(5-6-12(14)19)24-15(27)13-8-23-16(25-13)17(20,21)22/h1-8,26H,(H,23,25)(H,24,27). The van der Waals surface area contributed by atoms with Gasteiger partial charge < -0.3 is 10.3 Å². The predicted molar refractivity (Wildman–Crippen MR) is 103 cm³/mol. The number of amides is 1. The summed E-state index contributed by atoms with van der Waals surface area (Å²) in [5.41, 5.74) is -0.492. The van der Waals surface area contributed by atoms with Crippen LogP contribution < -0.4 is 10.0 Å². The number of sulfonamides is 1. The molecule has 3 rings (SSSR count). The molecule has 0 bridgehead atoms. The number of halogens is 5. The zero-order valence-electron chi connectivity index (χ0n) is 14.6. The first kappa shape index (κ1) is 21.8. The molecule has 1 aromatic heterocycles. The van der Waals surface area contributed by atoms with Crippen LogP contribution in [-0.4, -0.2) is 24.3 Å². The fourth-order valence-electron chi connectivity index (χ4n) is 2.29. The van der Waals surface area contributed by atoms with Crippen LogP contribution in [0.2, 0.25) is 0 Å². The largest absolute Gasteiger partial charge is 0.449 e. The number of imidazole rings is 1. The molecule has 0 atom stereocenters. The molecule has 0 saturated carbocycles. The van der Waals surface area contributed by atoms with Crippen molar-refractivity contribution in [3.05, 3.63) is 70.5 Å². The number of alkyl halides is 3. The van der Waals surface area contributed by atoms with Crippen LogP contribution in [-0.2, 0) is 16.2 Å². The Bertz CT molecular complexity index is 1190. The summed E-state index contributed by atoms with van der Waals surface area (Å²) in [6.07, 6.45) is -4.09. The Morgan fingerprint density at radius 1 is 1.07 bits per heavy atom. The van der Waals surface area contributed by atoms with Crippen LogP contribution in [0.5, 0.6) is 0 Å². The highest BCUT2D eigenvalue weighted by Gasteiger charge is 2.35. The number of carbonyl (C=O) groups is 1. The summed E-state index contributed by atoms with van der Waals surface area (Å²) in [4.78, 5) is 16.2. The van der Waals surface area contributed by atoms with E-state index in [1.165, 1.54) is 12.1 Å². The molecule has 2 aromatic carbocycles. The van der Waals surface area contributed by atoms with E-state index in [-0.39, 0.29) is 11.4 Å². The number of benzene rings is 2. The summed E-state index contributed by atoms with van der Waals surface area (Å²) in [5.74, 6) is -3.47. The molecule has 3 aromatic rings. The molecule has 0 fully saturated rings. The Labute approximate surface area is 175 Å². The van der Waals surface area contributed by atoms with Crippen LogP contribution in [0.4, 0.5) is 28.9 Å². The third-order valence-electron chi connectivity index (χ3n) is 3.66. The molecule has 0 saturated heterocycles. The highest BCUT2D eigenvalue weighted by molar-refractivity contribution is 9.10. The van der Waals surface area contributed by atoms with E-state index in [9.17, 15) is 30.8 Å². The minimum atomic E-state index is -4.77. The molecule has 7 nitrogen and oxygen atoms in total. The molecule has 0 aliphatic rings. The zero-order chi connectivity index (χ0) is 22.1. The maximum atomic E-state index is 14.1. The third-order valence-corrected chi connectivity index (χ3v) is 5.59. The summed E-state index contributed by atoms with van der Waals surface area (Å²) in [5, 5.41) is 2.19. The second-order valence-corrected chi connectivity index (χ2v) is 8.42. The van der Waals surface area contributed by atoms with Crippen LogP contribution >= 0.6 is 15.9 Å². The van der Waals surface area contributed by atoms with Gasteiger partial charge in [-0.1, -0.05) is 15.9 Å². The molecular formula is C17H11BrF4N4O3S. The van der Waals surface area contributed by atoms with Gasteiger partial charge in [0.25, 0.3) is 15.9 Å². The van der Waals surface area contributed by atoms with Gasteiger partial charge in [0.2, 0.25) is 5.82 Å². The van der Waals surface area contributed by atoms with Gasteiger partial charge in [0, 0.05) is 15.8 Å². The van der Waals surface area contributed by atoms with Crippen molar-refractivity contribution >= 4 is 43.2 Å². The molecule has 0 spiro atoms. The summed E-state index contributed by atoms with van der Waals surface area (Å²) < 4.78 is 79.8. The number of carbonyl (C=O) groups excluding carboxylic acids is 1. The molecule has 0 unspecified atom stereocenters. The lowest BCUT2D eigenvalue weighted by Gasteiger charge is -2.11. The van der Waals surface area contributed by atoms with Crippen LogP contribution in [0.1, 0.15) is 16.3 Å². The Morgan fingerprint density at radius 3 is 2.30 bits per heavy atom. The van der Waals surface area contributed by atoms with Crippen molar-refractivity contribution in [2.24, 2.45) is 0 Å². The molecule has 1 heterocycles. The molecule has 3 N–H and O–H groups in total. The van der Waals surface area contributed by atoms with E-state index in [1.807, 2.05) is 4.98 Å². The number of aromatic amines is 1. The van der Waals surface area contributed by atoms with Crippen LogP contribution in [0.3, 0.4) is 0 Å². The van der Waals surface area contributed by atoms with Crippen LogP contribution in [0, 0.1) is 5.82 Å². The fraction of sp³-hybridized carbons (Fsp3) is 0.0588. The van der Waals surface area contributed by atoms with Crippen LogP contribution in [0.15, 0.2) is 58.0 Å². The lowest BCUT2D eigenvalue weighted by Crippen LogP contribution is -2.17. The van der Waals surface area contributed by atoms with Gasteiger partial charge in [0.15, 0.2) is 0 Å². The number of aromatic nitrogens is 2. The van der Waals surface area contributed by atoms with Crippen molar-refractivity contribution in [1.82, 2.24) is 9.97 Å². The number of hydrogen-bond donors (Lipinski definition) is 3. The summed E-state index contributed by atoms with van der Waals surface area (Å²) in [7, 11) is -4.36. The lowest BCUT2D eigenvalue weighted by atomic mass is 10.3. The molecule has 1 amide bonds. The Balaban J connectivity index is 1.83. The molecule has 0 aliphatic heterocycles. The quantitative estimate of drug-likeness (QED) is 0.446. The Morgan fingerprint density at radius 2 is 1.70 bits per heavy atom. The van der Waals surface area contributed by atoms with E-state index < -0.39 is 44.3 Å². The van der Waals surface area contributed by atoms with E-state index in [0.29, 0.717) is 10.7 Å². The number of hydrogen-bond acceptors (Lipinski definition) is 4. The van der Waals surface area contributed by atoms with E-state index in [4.69, 9.17) is 0 Å². The first-order chi connectivity index (χ1) is 14.0. The first-order valence-corrected chi connectivity index (χ1v) is 10.2. The molecule has 13 heteroatoms. The van der Waals surface area contributed by atoms with Crippen molar-refractivity contribution in [3.8, 4) is 0 Å². The van der Waals surface area contributed by atoms with Crippen molar-refractivity contribution < 1.29 is 30.8 Å². The summed E-state index contributed by atoms with van der Waals surface area (Å²) >= 11 is 3.20. The maximum absolute atomic E-state index is 14.1. The minimum Gasteiger partial charge on any atom is -0.330 e. The smallest absolute Gasteiger partial charge is 0.330 e. The first-order valence-electron chi connectivity index (χ1n) is 7.97. The van der Waals surface area contributed by atoms with Gasteiger partial charge in [0.1, 0.15) is 16.4 Å². The monoisotopic (exact) mass is 506 g/mol. The lowest BCUT2D eigenvalue weighted by molar-refractivity contribution is -0.144. The normalized spacial score (nSPS) is 11.9. The Hall–Kier alpha value is -2.93. The molecular weight excluding hydrogens is 496 g/mol. The zero-order valence-corrected chi connectivity index (χ0v) is 17.0. The van der Waals surface area contributed by atoms with Crippen LogP contribution in [0.25, 0.3) is 0 Å². The van der Waals surface area contributed by atoms with E-state index >= 15 is 0 Å². The van der Waals surface area contributed by atoms with Gasteiger partial charge in [0.05, 0.1) is 6.20 Å². The van der Waals surface area contributed by atoms with Gasteiger partial charge in [-0.15, -0.1) is 0 Å². The van der Waals surface area contributed by atoms with Gasteiger partial charge in [-0.25, -0.2) is 17.8 Å². The predicted octanol–water partition coefficient (Wildman–Crippen LogP) is 4.38. The Kier molecular flexibility index (Phi) is 5.85. The van der Waals surface area contributed by atoms with Crippen molar-refractivity contribution in [1.29, 1.82) is 0 Å². The molecule has 0 aliphatic carbocycles. The van der Waals surface area contributed by atoms with Crippen molar-refractivity contribution in [2.75, 3.05) is 10.0 Å².